The topological polar surface area (TPSA) is 219 Å². The zero-order valence-electron chi connectivity index (χ0n) is 37.2. The van der Waals surface area contributed by atoms with E-state index in [2.05, 4.69) is 0 Å². The first-order valence-corrected chi connectivity index (χ1v) is 21.4. The van der Waals surface area contributed by atoms with Crippen molar-refractivity contribution in [2.75, 3.05) is 21.2 Å². The van der Waals surface area contributed by atoms with Crippen molar-refractivity contribution in [2.24, 2.45) is 17.8 Å². The molecule has 344 valence electrons. The maximum atomic E-state index is 13.4. The van der Waals surface area contributed by atoms with E-state index in [9.17, 15) is 34.5 Å². The van der Waals surface area contributed by atoms with Crippen LogP contribution in [0.15, 0.2) is 12.2 Å². The minimum Gasteiger partial charge on any atom is -0.462 e. The zero-order valence-corrected chi connectivity index (χ0v) is 37.2. The fraction of sp³-hybridized carbons (Fsp3) is 0.860. The molecule has 60 heavy (non-hydrogen) atoms. The van der Waals surface area contributed by atoms with Gasteiger partial charge in [-0.2, -0.15) is 0 Å². The highest BCUT2D eigenvalue weighted by Crippen LogP contribution is 2.38. The summed E-state index contributed by atoms with van der Waals surface area (Å²) in [6.45, 7) is 14.0. The summed E-state index contributed by atoms with van der Waals surface area (Å²) in [4.78, 5) is 53.0. The number of hydrogen-bond donors (Lipinski definition) is 3. The quantitative estimate of drug-likeness (QED) is 0.0797. The summed E-state index contributed by atoms with van der Waals surface area (Å²) < 4.78 is 54.7. The summed E-state index contributed by atoms with van der Waals surface area (Å²) >= 11 is 0. The highest BCUT2D eigenvalue weighted by Gasteiger charge is 2.53. The number of fused-ring (bicyclic) bond motifs is 1. The van der Waals surface area contributed by atoms with Crippen LogP contribution in [0.25, 0.3) is 0 Å². The van der Waals surface area contributed by atoms with E-state index in [0.29, 0.717) is 6.42 Å². The van der Waals surface area contributed by atoms with Gasteiger partial charge >= 0.3 is 17.9 Å². The van der Waals surface area contributed by atoms with Gasteiger partial charge in [0.05, 0.1) is 43.0 Å². The molecule has 0 aliphatic carbocycles. The Balaban J connectivity index is 1.65. The van der Waals surface area contributed by atoms with Gasteiger partial charge in [0.2, 0.25) is 0 Å². The van der Waals surface area contributed by atoms with Crippen LogP contribution < -0.4 is 0 Å². The number of rotatable bonds is 13. The summed E-state index contributed by atoms with van der Waals surface area (Å²) in [5.74, 6) is -2.76. The third-order valence-corrected chi connectivity index (χ3v) is 11.8. The first kappa shape index (κ1) is 50.1. The lowest BCUT2D eigenvalue weighted by atomic mass is 9.82. The number of carbonyl (C=O) groups excluding carboxylic acids is 4. The highest BCUT2D eigenvalue weighted by atomic mass is 16.7. The van der Waals surface area contributed by atoms with E-state index < -0.39 is 121 Å². The van der Waals surface area contributed by atoms with Crippen LogP contribution >= 0.6 is 0 Å². The summed E-state index contributed by atoms with van der Waals surface area (Å²) in [6.07, 6.45) is -8.08. The molecular weight excluding hydrogens is 786 g/mol. The van der Waals surface area contributed by atoms with Crippen LogP contribution in [0.2, 0.25) is 0 Å². The number of esters is 3. The number of aliphatic hydroxyl groups is 3. The molecule has 3 fully saturated rings. The molecule has 3 saturated heterocycles. The molecule has 0 spiro atoms. The molecule has 0 radical (unpaired) electrons. The molecule has 4 aliphatic rings. The Bertz CT molecular complexity index is 1440. The fourth-order valence-corrected chi connectivity index (χ4v) is 8.66. The van der Waals surface area contributed by atoms with E-state index in [-0.39, 0.29) is 50.2 Å². The molecule has 0 saturated carbocycles. The first-order chi connectivity index (χ1) is 28.2. The number of ether oxygens (including phenoxy) is 9. The average Bonchev–Trinajstić information content (AvgIpc) is 3.89. The number of nitrogens with zero attached hydrogens (tertiary/aromatic N) is 1. The van der Waals surface area contributed by atoms with Gasteiger partial charge in [0.15, 0.2) is 18.7 Å². The van der Waals surface area contributed by atoms with Crippen LogP contribution in [-0.4, -0.2) is 163 Å². The van der Waals surface area contributed by atoms with Crippen molar-refractivity contribution < 1.29 is 77.1 Å². The van der Waals surface area contributed by atoms with Crippen LogP contribution in [-0.2, 0) is 61.8 Å². The second-order valence-electron chi connectivity index (χ2n) is 17.9. The van der Waals surface area contributed by atoms with Gasteiger partial charge in [-0.3, -0.25) is 14.4 Å². The van der Waals surface area contributed by atoms with Crippen LogP contribution in [0.4, 0.5) is 0 Å². The maximum absolute atomic E-state index is 13.4. The molecule has 0 aromatic carbocycles. The van der Waals surface area contributed by atoms with E-state index in [1.807, 2.05) is 20.8 Å². The smallest absolute Gasteiger partial charge is 0.309 e. The molecule has 17 nitrogen and oxygen atoms in total. The summed E-state index contributed by atoms with van der Waals surface area (Å²) in [6, 6.07) is -0.787. The zero-order chi connectivity index (χ0) is 44.6. The number of epoxide rings is 1. The van der Waals surface area contributed by atoms with Gasteiger partial charge < -0.3 is 67.6 Å². The molecule has 4 heterocycles. The van der Waals surface area contributed by atoms with Gasteiger partial charge in [0.25, 0.3) is 0 Å². The molecule has 0 unspecified atom stereocenters. The Morgan fingerprint density at radius 2 is 1.67 bits per heavy atom. The predicted octanol–water partition coefficient (Wildman–Crippen LogP) is 2.61. The molecule has 3 N–H and O–H groups in total. The van der Waals surface area contributed by atoms with Gasteiger partial charge in [0.1, 0.15) is 48.5 Å². The van der Waals surface area contributed by atoms with Gasteiger partial charge in [-0.05, 0) is 66.0 Å². The highest BCUT2D eigenvalue weighted by molar-refractivity contribution is 5.72. The number of hydrogen-bond acceptors (Lipinski definition) is 17. The first-order valence-electron chi connectivity index (χ1n) is 21.4. The number of aldehydes is 1. The van der Waals surface area contributed by atoms with Crippen molar-refractivity contribution in [1.29, 1.82) is 0 Å². The van der Waals surface area contributed by atoms with Gasteiger partial charge in [-0.15, -0.1) is 0 Å². The number of methoxy groups -OCH3 is 1. The summed E-state index contributed by atoms with van der Waals surface area (Å²) in [7, 11) is 4.87. The maximum Gasteiger partial charge on any atom is 0.309 e. The number of aliphatic hydroxyl groups excluding tert-OH is 2. The van der Waals surface area contributed by atoms with E-state index >= 15 is 0 Å². The van der Waals surface area contributed by atoms with E-state index in [1.165, 1.54) is 7.11 Å². The summed E-state index contributed by atoms with van der Waals surface area (Å²) in [5, 5.41) is 34.8. The SMILES string of the molecule is CCC(=O)O[C@@H]1CC(=O)O[C@H](C)C[C@@H]2O[C@H]2/C=C/[C@H](O)[C@H](C)C[C@H](CC=O)[C@H](O[C@@H]2O[C@H](C)[C@@H](O[C@H]3C[C@@](C)(O)[C@@H](OC(=O)CC(C)C)[C@H](C)O3)[C@H](N(C)C)[C@H]2O)[C@H]1OC. The van der Waals surface area contributed by atoms with Crippen molar-refractivity contribution in [3.8, 4) is 0 Å². The lowest BCUT2D eigenvalue weighted by Crippen LogP contribution is -2.66. The molecule has 4 rings (SSSR count). The lowest BCUT2D eigenvalue weighted by molar-refractivity contribution is -0.344. The van der Waals surface area contributed by atoms with Crippen molar-refractivity contribution in [1.82, 2.24) is 4.90 Å². The van der Waals surface area contributed by atoms with Gasteiger partial charge in [-0.25, -0.2) is 0 Å². The minimum atomic E-state index is -1.50. The van der Waals surface area contributed by atoms with Crippen molar-refractivity contribution >= 4 is 24.2 Å². The largest absolute Gasteiger partial charge is 0.462 e. The van der Waals surface area contributed by atoms with Crippen molar-refractivity contribution in [3.63, 3.8) is 0 Å². The Hall–Kier alpha value is -2.58. The Labute approximate surface area is 354 Å². The predicted molar refractivity (Wildman–Crippen MR) is 214 cm³/mol. The second kappa shape index (κ2) is 22.2. The minimum absolute atomic E-state index is 0.00559. The number of carbonyl (C=O) groups is 4. The third kappa shape index (κ3) is 13.5. The molecule has 0 aromatic heterocycles. The van der Waals surface area contributed by atoms with E-state index in [0.717, 1.165) is 6.29 Å². The molecule has 18 atom stereocenters. The van der Waals surface area contributed by atoms with Gasteiger partial charge in [0, 0.05) is 39.2 Å². The molecular formula is C43H71NO16. The van der Waals surface area contributed by atoms with Crippen LogP contribution in [0.1, 0.15) is 100 Å². The second-order valence-corrected chi connectivity index (χ2v) is 17.9. The number of cyclic esters (lactones) is 1. The van der Waals surface area contributed by atoms with Gasteiger partial charge in [-0.1, -0.05) is 39.8 Å². The van der Waals surface area contributed by atoms with E-state index in [4.69, 9.17) is 42.6 Å². The normalized spacial score (nSPS) is 42.5. The van der Waals surface area contributed by atoms with Crippen LogP contribution in [0.5, 0.6) is 0 Å². The van der Waals surface area contributed by atoms with Crippen LogP contribution in [0, 0.1) is 17.8 Å². The Morgan fingerprint density at radius 3 is 2.27 bits per heavy atom. The molecule has 0 bridgehead atoms. The Morgan fingerprint density at radius 1 is 0.967 bits per heavy atom. The van der Waals surface area contributed by atoms with Crippen molar-refractivity contribution in [2.45, 2.75) is 198 Å². The Kier molecular flexibility index (Phi) is 18.5. The number of likely N-dealkylation sites (N-methyl/N-ethyl adjacent to an activating group) is 1. The fourth-order valence-electron chi connectivity index (χ4n) is 8.66. The lowest BCUT2D eigenvalue weighted by Gasteiger charge is -2.50. The molecule has 17 heteroatoms. The standard InChI is InChI=1S/C43H71NO16/c1-12-32(47)57-31-20-34(49)53-24(5)19-30-29(56-30)14-13-28(46)23(4)18-27(15-16-45)39(40(31)52-11)60-42-37(50)36(44(9)10)38(25(6)55-42)59-35-21-43(8,51)41(26(7)54-35)58-33(48)17-22(2)3/h13-14,16,22-31,35-42,46,50-51H,12,15,17-21H2,1-11H3/b14-13+/t23-,24-,25-,26+,27+,28+,29+,30+,31-,35+,36-,37-,38-,39+,40+,41+,42+,43-/m1/s1. The third-order valence-electron chi connectivity index (χ3n) is 11.8. The average molecular weight is 858 g/mol. The van der Waals surface area contributed by atoms with E-state index in [1.54, 1.807) is 65.8 Å². The van der Waals surface area contributed by atoms with Crippen LogP contribution in [0.3, 0.4) is 0 Å². The van der Waals surface area contributed by atoms with Crippen molar-refractivity contribution in [3.05, 3.63) is 12.2 Å². The summed E-state index contributed by atoms with van der Waals surface area (Å²) in [5.41, 5.74) is -1.50. The molecule has 0 amide bonds. The molecule has 4 aliphatic heterocycles. The monoisotopic (exact) mass is 857 g/mol. The molecule has 0 aromatic rings.